The van der Waals surface area contributed by atoms with Gasteiger partial charge in [0.05, 0.1) is 5.52 Å². The van der Waals surface area contributed by atoms with Gasteiger partial charge in [-0.25, -0.2) is 4.79 Å². The van der Waals surface area contributed by atoms with Crippen LogP contribution in [0.15, 0.2) is 27.4 Å². The number of fused-ring (bicyclic) bond motifs is 1. The van der Waals surface area contributed by atoms with Gasteiger partial charge in [-0.2, -0.15) is 0 Å². The van der Waals surface area contributed by atoms with Crippen LogP contribution in [0.25, 0.3) is 11.1 Å². The van der Waals surface area contributed by atoms with Crippen LogP contribution in [0.1, 0.15) is 37.0 Å². The number of aromatic amines is 1. The summed E-state index contributed by atoms with van der Waals surface area (Å²) in [7, 11) is 0. The summed E-state index contributed by atoms with van der Waals surface area (Å²) < 4.78 is 4.91. The molecule has 1 aromatic heterocycles. The van der Waals surface area contributed by atoms with Crippen molar-refractivity contribution in [3.8, 4) is 0 Å². The second-order valence-corrected chi connectivity index (χ2v) is 5.35. The highest BCUT2D eigenvalue weighted by atomic mass is 16.4. The maximum absolute atomic E-state index is 12.0. The molecule has 21 heavy (non-hydrogen) atoms. The molecule has 0 atom stereocenters. The van der Waals surface area contributed by atoms with Crippen LogP contribution in [-0.2, 0) is 4.79 Å². The Morgan fingerprint density at radius 2 is 2.05 bits per heavy atom. The van der Waals surface area contributed by atoms with Gasteiger partial charge in [0.2, 0.25) is 5.91 Å². The van der Waals surface area contributed by atoms with Gasteiger partial charge in [0, 0.05) is 24.9 Å². The van der Waals surface area contributed by atoms with Gasteiger partial charge < -0.3 is 9.73 Å². The number of benzene rings is 1. The molecule has 2 aromatic rings. The standard InChI is InChI=1S/C15H18N2O4/c1-9(2)8-16-14(19)6-5-12(18)10-3-4-11-13(7-10)21-15(20)17-11/h3-4,7,9H,5-6,8H2,1-2H3,(H,16,19)(H,17,20). The summed E-state index contributed by atoms with van der Waals surface area (Å²) in [6.45, 7) is 4.62. The molecule has 0 aliphatic rings. The zero-order valence-corrected chi connectivity index (χ0v) is 12.1. The molecule has 6 heteroatoms. The fourth-order valence-electron chi connectivity index (χ4n) is 1.90. The Hall–Kier alpha value is -2.37. The van der Waals surface area contributed by atoms with Gasteiger partial charge in [0.15, 0.2) is 11.4 Å². The summed E-state index contributed by atoms with van der Waals surface area (Å²) in [5.74, 6) is -0.460. The van der Waals surface area contributed by atoms with E-state index in [1.165, 1.54) is 6.07 Å². The van der Waals surface area contributed by atoms with Gasteiger partial charge in [0.1, 0.15) is 0 Å². The van der Waals surface area contributed by atoms with Gasteiger partial charge in [-0.05, 0) is 24.1 Å². The van der Waals surface area contributed by atoms with Crippen molar-refractivity contribution in [1.29, 1.82) is 0 Å². The summed E-state index contributed by atoms with van der Waals surface area (Å²) in [6.07, 6.45) is 0.283. The van der Waals surface area contributed by atoms with E-state index in [0.717, 1.165) is 0 Å². The van der Waals surface area contributed by atoms with E-state index >= 15 is 0 Å². The molecule has 1 amide bonds. The number of Topliss-reactive ketones (excluding diaryl/α,β-unsaturated/α-hetero) is 1. The second-order valence-electron chi connectivity index (χ2n) is 5.35. The predicted molar refractivity (Wildman–Crippen MR) is 78.2 cm³/mol. The number of nitrogens with one attached hydrogen (secondary N) is 2. The van der Waals surface area contributed by atoms with E-state index in [9.17, 15) is 14.4 Å². The lowest BCUT2D eigenvalue weighted by Gasteiger charge is -2.07. The highest BCUT2D eigenvalue weighted by molar-refractivity contribution is 6.00. The fourth-order valence-corrected chi connectivity index (χ4v) is 1.90. The van der Waals surface area contributed by atoms with Crippen LogP contribution in [-0.4, -0.2) is 23.2 Å². The van der Waals surface area contributed by atoms with Crippen molar-refractivity contribution in [2.45, 2.75) is 26.7 Å². The third-order valence-corrected chi connectivity index (χ3v) is 3.03. The van der Waals surface area contributed by atoms with Crippen molar-refractivity contribution in [1.82, 2.24) is 10.3 Å². The van der Waals surface area contributed by atoms with Gasteiger partial charge >= 0.3 is 5.76 Å². The van der Waals surface area contributed by atoms with Crippen LogP contribution < -0.4 is 11.1 Å². The molecule has 0 fully saturated rings. The predicted octanol–water partition coefficient (Wildman–Crippen LogP) is 1.86. The SMILES string of the molecule is CC(C)CNC(=O)CCC(=O)c1ccc2[nH]c(=O)oc2c1. The van der Waals surface area contributed by atoms with Gasteiger partial charge in [0.25, 0.3) is 0 Å². The molecule has 0 spiro atoms. The summed E-state index contributed by atoms with van der Waals surface area (Å²) in [5, 5.41) is 2.77. The van der Waals surface area contributed by atoms with Crippen molar-refractivity contribution in [2.24, 2.45) is 5.92 Å². The highest BCUT2D eigenvalue weighted by Gasteiger charge is 2.11. The van der Waals surface area contributed by atoms with Crippen LogP contribution in [0, 0.1) is 5.92 Å². The van der Waals surface area contributed by atoms with Gasteiger partial charge in [-0.1, -0.05) is 13.8 Å². The average molecular weight is 290 g/mol. The van der Waals surface area contributed by atoms with Gasteiger partial charge in [-0.3, -0.25) is 14.6 Å². The first-order valence-corrected chi connectivity index (χ1v) is 6.88. The quantitative estimate of drug-likeness (QED) is 0.794. The monoisotopic (exact) mass is 290 g/mol. The fraction of sp³-hybridized carbons (Fsp3) is 0.400. The maximum atomic E-state index is 12.0. The minimum absolute atomic E-state index is 0.129. The molecule has 0 saturated carbocycles. The molecule has 0 unspecified atom stereocenters. The lowest BCUT2D eigenvalue weighted by molar-refractivity contribution is -0.121. The molecule has 0 aliphatic heterocycles. The Morgan fingerprint density at radius 3 is 2.76 bits per heavy atom. The van der Waals surface area contributed by atoms with E-state index in [2.05, 4.69) is 10.3 Å². The number of aromatic nitrogens is 1. The average Bonchev–Trinajstić information content (AvgIpc) is 2.81. The van der Waals surface area contributed by atoms with Crippen LogP contribution in [0.4, 0.5) is 0 Å². The van der Waals surface area contributed by atoms with Crippen LogP contribution >= 0.6 is 0 Å². The van der Waals surface area contributed by atoms with E-state index < -0.39 is 5.76 Å². The normalized spacial score (nSPS) is 11.0. The van der Waals surface area contributed by atoms with Crippen molar-refractivity contribution in [3.05, 3.63) is 34.3 Å². The molecule has 1 aromatic carbocycles. The minimum atomic E-state index is -0.553. The largest absolute Gasteiger partial charge is 0.417 e. The summed E-state index contributed by atoms with van der Waals surface area (Å²) >= 11 is 0. The van der Waals surface area contributed by atoms with Crippen LogP contribution in [0.5, 0.6) is 0 Å². The smallest absolute Gasteiger partial charge is 0.408 e. The van der Waals surface area contributed by atoms with Crippen LogP contribution in [0.2, 0.25) is 0 Å². The lowest BCUT2D eigenvalue weighted by Crippen LogP contribution is -2.27. The van der Waals surface area contributed by atoms with Crippen molar-refractivity contribution in [3.63, 3.8) is 0 Å². The third-order valence-electron chi connectivity index (χ3n) is 3.03. The Kier molecular flexibility index (Phi) is 4.57. The number of ketones is 1. The molecular formula is C15H18N2O4. The molecule has 0 radical (unpaired) electrons. The Labute approximate surface area is 121 Å². The molecule has 0 aliphatic carbocycles. The number of carbonyl (C=O) groups excluding carboxylic acids is 2. The first kappa shape index (κ1) is 15.0. The first-order chi connectivity index (χ1) is 9.95. The Balaban J connectivity index is 1.95. The molecule has 0 saturated heterocycles. The number of H-pyrrole nitrogens is 1. The van der Waals surface area contributed by atoms with E-state index in [-0.39, 0.29) is 24.5 Å². The zero-order valence-electron chi connectivity index (χ0n) is 12.1. The van der Waals surface area contributed by atoms with Crippen molar-refractivity contribution in [2.75, 3.05) is 6.54 Å². The molecular weight excluding hydrogens is 272 g/mol. The number of carbonyl (C=O) groups is 2. The van der Waals surface area contributed by atoms with Gasteiger partial charge in [-0.15, -0.1) is 0 Å². The Morgan fingerprint density at radius 1 is 1.29 bits per heavy atom. The van der Waals surface area contributed by atoms with Crippen LogP contribution in [0.3, 0.4) is 0 Å². The first-order valence-electron chi connectivity index (χ1n) is 6.88. The van der Waals surface area contributed by atoms with E-state index in [1.54, 1.807) is 12.1 Å². The maximum Gasteiger partial charge on any atom is 0.417 e. The third kappa shape index (κ3) is 4.05. The zero-order chi connectivity index (χ0) is 15.4. The number of hydrogen-bond acceptors (Lipinski definition) is 4. The molecule has 1 heterocycles. The van der Waals surface area contributed by atoms with Crippen molar-refractivity contribution < 1.29 is 14.0 Å². The Bertz CT molecular complexity index is 712. The van der Waals surface area contributed by atoms with E-state index in [0.29, 0.717) is 29.1 Å². The molecule has 2 rings (SSSR count). The molecule has 112 valence electrons. The number of amides is 1. The van der Waals surface area contributed by atoms with E-state index in [1.807, 2.05) is 13.8 Å². The summed E-state index contributed by atoms with van der Waals surface area (Å²) in [5.41, 5.74) is 1.32. The highest BCUT2D eigenvalue weighted by Crippen LogP contribution is 2.14. The molecule has 0 bridgehead atoms. The molecule has 2 N–H and O–H groups in total. The van der Waals surface area contributed by atoms with E-state index in [4.69, 9.17) is 4.42 Å². The lowest BCUT2D eigenvalue weighted by atomic mass is 10.1. The van der Waals surface area contributed by atoms with Crippen molar-refractivity contribution >= 4 is 22.8 Å². The number of rotatable bonds is 6. The summed E-state index contributed by atoms with van der Waals surface area (Å²) in [6, 6.07) is 4.75. The summed E-state index contributed by atoms with van der Waals surface area (Å²) in [4.78, 5) is 37.2. The molecule has 6 nitrogen and oxygen atoms in total. The number of hydrogen-bond donors (Lipinski definition) is 2. The second kappa shape index (κ2) is 6.39. The number of oxazole rings is 1. The topological polar surface area (TPSA) is 92.2 Å². The minimum Gasteiger partial charge on any atom is -0.408 e.